The van der Waals surface area contributed by atoms with Crippen LogP contribution in [-0.4, -0.2) is 42.2 Å². The first-order valence-electron chi connectivity index (χ1n) is 4.03. The van der Waals surface area contributed by atoms with Gasteiger partial charge in [0.05, 0.1) is 0 Å². The highest BCUT2D eigenvalue weighted by molar-refractivity contribution is 5.82. The molecule has 0 aromatic carbocycles. The first-order valence-corrected chi connectivity index (χ1v) is 4.03. The fraction of sp³-hybridized carbons (Fsp3) is 0.875. The van der Waals surface area contributed by atoms with Crippen molar-refractivity contribution in [2.24, 2.45) is 5.73 Å². The third-order valence-electron chi connectivity index (χ3n) is 1.80. The van der Waals surface area contributed by atoms with Crippen molar-refractivity contribution in [1.29, 1.82) is 0 Å². The van der Waals surface area contributed by atoms with Crippen LogP contribution in [0.3, 0.4) is 0 Å². The number of aliphatic hydroxyl groups is 1. The molecule has 0 spiro atoms. The lowest BCUT2D eigenvalue weighted by Crippen LogP contribution is -2.41. The van der Waals surface area contributed by atoms with Crippen molar-refractivity contribution in [2.45, 2.75) is 25.4 Å². The van der Waals surface area contributed by atoms with Crippen LogP contribution in [0.1, 0.15) is 19.8 Å². The number of primary amides is 1. The molecule has 4 nitrogen and oxygen atoms in total. The summed E-state index contributed by atoms with van der Waals surface area (Å²) in [5.74, 6) is -0.652. The molecule has 0 saturated carbocycles. The Labute approximate surface area is 73.3 Å². The lowest BCUT2D eigenvalue weighted by atomic mass is 10.00. The van der Waals surface area contributed by atoms with Crippen LogP contribution in [0.5, 0.6) is 0 Å². The van der Waals surface area contributed by atoms with Gasteiger partial charge in [0, 0.05) is 0 Å². The van der Waals surface area contributed by atoms with Crippen LogP contribution >= 0.6 is 0 Å². The summed E-state index contributed by atoms with van der Waals surface area (Å²) in [6.07, 6.45) is 1.18. The van der Waals surface area contributed by atoms with Gasteiger partial charge >= 0.3 is 0 Å². The molecule has 0 aromatic heterocycles. The second-order valence-electron chi connectivity index (χ2n) is 3.54. The van der Waals surface area contributed by atoms with E-state index in [1.54, 1.807) is 0 Å². The van der Waals surface area contributed by atoms with Crippen molar-refractivity contribution in [1.82, 2.24) is 4.90 Å². The van der Waals surface area contributed by atoms with E-state index in [1.165, 1.54) is 6.92 Å². The Morgan fingerprint density at radius 1 is 1.58 bits per heavy atom. The van der Waals surface area contributed by atoms with Gasteiger partial charge in [0.25, 0.3) is 0 Å². The minimum atomic E-state index is -1.35. The maximum absolute atomic E-state index is 10.7. The highest BCUT2D eigenvalue weighted by atomic mass is 16.3. The number of carbonyl (C=O) groups excluding carboxylic acids is 1. The van der Waals surface area contributed by atoms with E-state index in [-0.39, 0.29) is 0 Å². The van der Waals surface area contributed by atoms with Crippen molar-refractivity contribution in [2.75, 3.05) is 20.6 Å². The first kappa shape index (κ1) is 11.4. The van der Waals surface area contributed by atoms with Crippen LogP contribution in [0.15, 0.2) is 0 Å². The fourth-order valence-electron chi connectivity index (χ4n) is 0.863. The quantitative estimate of drug-likeness (QED) is 0.594. The van der Waals surface area contributed by atoms with E-state index >= 15 is 0 Å². The van der Waals surface area contributed by atoms with Gasteiger partial charge in [0.2, 0.25) is 5.91 Å². The number of nitrogens with zero attached hydrogens (tertiary/aromatic N) is 1. The Morgan fingerprint density at radius 3 is 2.42 bits per heavy atom. The van der Waals surface area contributed by atoms with E-state index < -0.39 is 11.5 Å². The minimum Gasteiger partial charge on any atom is -0.380 e. The molecule has 0 heterocycles. The molecule has 1 unspecified atom stereocenters. The maximum atomic E-state index is 10.7. The zero-order chi connectivity index (χ0) is 9.78. The summed E-state index contributed by atoms with van der Waals surface area (Å²) < 4.78 is 0. The van der Waals surface area contributed by atoms with Crippen LogP contribution in [0.25, 0.3) is 0 Å². The maximum Gasteiger partial charge on any atom is 0.249 e. The fourth-order valence-corrected chi connectivity index (χ4v) is 0.863. The van der Waals surface area contributed by atoms with Gasteiger partial charge in [0.15, 0.2) is 0 Å². The summed E-state index contributed by atoms with van der Waals surface area (Å²) in [6.45, 7) is 2.30. The van der Waals surface area contributed by atoms with Crippen LogP contribution < -0.4 is 5.73 Å². The molecule has 1 atom stereocenters. The molecular weight excluding hydrogens is 156 g/mol. The Morgan fingerprint density at radius 2 is 2.08 bits per heavy atom. The van der Waals surface area contributed by atoms with E-state index in [2.05, 4.69) is 0 Å². The van der Waals surface area contributed by atoms with Crippen LogP contribution in [0, 0.1) is 0 Å². The zero-order valence-electron chi connectivity index (χ0n) is 8.00. The molecule has 72 valence electrons. The molecule has 0 rings (SSSR count). The average Bonchev–Trinajstić information content (AvgIpc) is 1.85. The second-order valence-corrected chi connectivity index (χ2v) is 3.54. The first-order chi connectivity index (χ1) is 5.36. The van der Waals surface area contributed by atoms with Crippen LogP contribution in [0.2, 0.25) is 0 Å². The smallest absolute Gasteiger partial charge is 0.249 e. The van der Waals surface area contributed by atoms with Gasteiger partial charge in [-0.2, -0.15) is 0 Å². The van der Waals surface area contributed by atoms with Crippen LogP contribution in [-0.2, 0) is 4.79 Å². The number of carbonyl (C=O) groups is 1. The van der Waals surface area contributed by atoms with E-state index in [0.29, 0.717) is 6.42 Å². The highest BCUT2D eigenvalue weighted by Crippen LogP contribution is 2.10. The van der Waals surface area contributed by atoms with Gasteiger partial charge in [-0.25, -0.2) is 0 Å². The van der Waals surface area contributed by atoms with Crippen molar-refractivity contribution in [3.8, 4) is 0 Å². The Hall–Kier alpha value is -0.610. The summed E-state index contributed by atoms with van der Waals surface area (Å²) in [5.41, 5.74) is 3.63. The monoisotopic (exact) mass is 174 g/mol. The molecule has 0 aromatic rings. The average molecular weight is 174 g/mol. The van der Waals surface area contributed by atoms with Crippen molar-refractivity contribution in [3.63, 3.8) is 0 Å². The number of amides is 1. The zero-order valence-corrected chi connectivity index (χ0v) is 8.00. The lowest BCUT2D eigenvalue weighted by Gasteiger charge is -2.19. The number of nitrogens with two attached hydrogens (primary N) is 1. The molecule has 0 bridgehead atoms. The number of hydrogen-bond acceptors (Lipinski definition) is 3. The summed E-state index contributed by atoms with van der Waals surface area (Å²) in [7, 11) is 3.89. The second kappa shape index (κ2) is 4.42. The molecular formula is C8H18N2O2. The Kier molecular flexibility index (Phi) is 4.20. The summed E-state index contributed by atoms with van der Waals surface area (Å²) in [5, 5.41) is 9.41. The predicted octanol–water partition coefficient (Wildman–Crippen LogP) is -0.435. The van der Waals surface area contributed by atoms with E-state index in [0.717, 1.165) is 13.0 Å². The van der Waals surface area contributed by atoms with Gasteiger partial charge in [-0.05, 0) is 40.4 Å². The largest absolute Gasteiger partial charge is 0.380 e. The Bertz CT molecular complexity index is 155. The van der Waals surface area contributed by atoms with Crippen LogP contribution in [0.4, 0.5) is 0 Å². The van der Waals surface area contributed by atoms with E-state index in [1.807, 2.05) is 19.0 Å². The molecule has 0 saturated heterocycles. The number of rotatable bonds is 5. The van der Waals surface area contributed by atoms with Gasteiger partial charge in [-0.3, -0.25) is 4.79 Å². The minimum absolute atomic E-state index is 0.417. The standard InChI is InChI=1S/C8H18N2O2/c1-8(12,7(9)11)5-4-6-10(2)3/h12H,4-6H2,1-3H3,(H2,9,11). The molecule has 4 heteroatoms. The molecule has 0 radical (unpaired) electrons. The van der Waals surface area contributed by atoms with Crippen molar-refractivity contribution in [3.05, 3.63) is 0 Å². The molecule has 0 fully saturated rings. The molecule has 1 amide bonds. The lowest BCUT2D eigenvalue weighted by molar-refractivity contribution is -0.135. The topological polar surface area (TPSA) is 66.6 Å². The van der Waals surface area contributed by atoms with Gasteiger partial charge in [-0.1, -0.05) is 0 Å². The molecule has 0 aliphatic rings. The van der Waals surface area contributed by atoms with E-state index in [9.17, 15) is 9.90 Å². The molecule has 0 aliphatic heterocycles. The molecule has 12 heavy (non-hydrogen) atoms. The number of hydrogen-bond donors (Lipinski definition) is 2. The normalized spacial score (nSPS) is 16.1. The van der Waals surface area contributed by atoms with Gasteiger partial charge < -0.3 is 15.7 Å². The molecule has 0 aliphatic carbocycles. The summed E-state index contributed by atoms with van der Waals surface area (Å²) in [4.78, 5) is 12.7. The third kappa shape index (κ3) is 4.31. The van der Waals surface area contributed by atoms with E-state index in [4.69, 9.17) is 5.73 Å². The summed E-state index contributed by atoms with van der Waals surface area (Å²) >= 11 is 0. The Balaban J connectivity index is 3.69. The summed E-state index contributed by atoms with van der Waals surface area (Å²) in [6, 6.07) is 0. The third-order valence-corrected chi connectivity index (χ3v) is 1.80. The highest BCUT2D eigenvalue weighted by Gasteiger charge is 2.26. The molecule has 3 N–H and O–H groups in total. The van der Waals surface area contributed by atoms with Gasteiger partial charge in [0.1, 0.15) is 5.60 Å². The SMILES string of the molecule is CN(C)CCCC(C)(O)C(N)=O. The van der Waals surface area contributed by atoms with Gasteiger partial charge in [-0.15, -0.1) is 0 Å². The van der Waals surface area contributed by atoms with Crippen molar-refractivity contribution < 1.29 is 9.90 Å². The predicted molar refractivity (Wildman–Crippen MR) is 47.6 cm³/mol. The van der Waals surface area contributed by atoms with Crippen molar-refractivity contribution >= 4 is 5.91 Å².